The number of hydrogen-bond acceptors (Lipinski definition) is 15. The topological polar surface area (TPSA) is 213 Å². The molecule has 1 unspecified atom stereocenters. The maximum atomic E-state index is 15.1. The first-order chi connectivity index (χ1) is 26.6. The number of amides is 1. The molecule has 17 nitrogen and oxygen atoms in total. The molecule has 5 aliphatic rings. The Hall–Kier alpha value is -4.87. The highest BCUT2D eigenvalue weighted by molar-refractivity contribution is 5.93. The van der Waals surface area contributed by atoms with E-state index in [0.29, 0.717) is 11.8 Å². The molecule has 1 saturated heterocycles. The van der Waals surface area contributed by atoms with Crippen LogP contribution in [-0.4, -0.2) is 74.0 Å². The molecule has 1 amide bonds. The van der Waals surface area contributed by atoms with Crippen LogP contribution in [0.5, 0.6) is 0 Å². The highest BCUT2D eigenvalue weighted by Gasteiger charge is 2.58. The molecule has 302 valence electrons. The summed E-state index contributed by atoms with van der Waals surface area (Å²) in [5.74, 6) is -1.34. The number of halogens is 1. The Balaban J connectivity index is 0.990. The molecule has 5 fully saturated rings. The van der Waals surface area contributed by atoms with Crippen LogP contribution in [0.15, 0.2) is 20.0 Å². The van der Waals surface area contributed by atoms with Gasteiger partial charge in [-0.15, -0.1) is 0 Å². The average molecular weight is 784 g/mol. The summed E-state index contributed by atoms with van der Waals surface area (Å²) in [6.45, 7) is 5.63. The van der Waals surface area contributed by atoms with E-state index in [2.05, 4.69) is 20.3 Å². The summed E-state index contributed by atoms with van der Waals surface area (Å²) in [5.41, 5.74) is -3.73. The van der Waals surface area contributed by atoms with Gasteiger partial charge in [-0.1, -0.05) is 0 Å². The van der Waals surface area contributed by atoms with E-state index in [4.69, 9.17) is 32.5 Å². The van der Waals surface area contributed by atoms with E-state index in [9.17, 15) is 24.0 Å². The molecule has 18 heteroatoms. The second kappa shape index (κ2) is 14.0. The highest BCUT2D eigenvalue weighted by Crippen LogP contribution is 2.56. The quantitative estimate of drug-likeness (QED) is 0.142. The molecule has 3 aromatic heterocycles. The fourth-order valence-corrected chi connectivity index (χ4v) is 9.64. The van der Waals surface area contributed by atoms with E-state index in [1.165, 1.54) is 31.7 Å². The van der Waals surface area contributed by atoms with Crippen molar-refractivity contribution in [3.8, 4) is 0 Å². The molecule has 3 aromatic rings. The van der Waals surface area contributed by atoms with Gasteiger partial charge in [0.2, 0.25) is 0 Å². The van der Waals surface area contributed by atoms with Crippen molar-refractivity contribution in [1.29, 1.82) is 0 Å². The first-order valence-corrected chi connectivity index (χ1v) is 19.2. The summed E-state index contributed by atoms with van der Waals surface area (Å²) in [7, 11) is 0. The van der Waals surface area contributed by atoms with Crippen molar-refractivity contribution in [2.75, 3.05) is 18.5 Å². The van der Waals surface area contributed by atoms with Crippen molar-refractivity contribution in [3.05, 3.63) is 34.5 Å². The first kappa shape index (κ1) is 38.0. The van der Waals surface area contributed by atoms with Gasteiger partial charge in [0.05, 0.1) is 36.2 Å². The molecule has 4 aliphatic carbocycles. The molecule has 1 N–H and O–H groups in total. The Morgan fingerprint density at radius 1 is 0.982 bits per heavy atom. The zero-order chi connectivity index (χ0) is 39.6. The van der Waals surface area contributed by atoms with Gasteiger partial charge >= 0.3 is 35.9 Å². The van der Waals surface area contributed by atoms with Crippen molar-refractivity contribution < 1.29 is 56.1 Å². The van der Waals surface area contributed by atoms with E-state index in [1.807, 2.05) is 0 Å². The summed E-state index contributed by atoms with van der Waals surface area (Å²) < 4.78 is 55.6. The van der Waals surface area contributed by atoms with Gasteiger partial charge in [0, 0.05) is 0 Å². The lowest BCUT2D eigenvalue weighted by molar-refractivity contribution is -0.181. The number of esters is 3. The molecule has 56 heavy (non-hydrogen) atoms. The molecular weight excluding hydrogens is 737 g/mol. The van der Waals surface area contributed by atoms with Gasteiger partial charge in [-0.25, -0.2) is 14.6 Å². The van der Waals surface area contributed by atoms with Crippen LogP contribution in [-0.2, 0) is 44.7 Å². The van der Waals surface area contributed by atoms with Gasteiger partial charge in [0.15, 0.2) is 41.2 Å². The Labute approximate surface area is 320 Å². The second-order valence-corrected chi connectivity index (χ2v) is 17.2. The van der Waals surface area contributed by atoms with Crippen LogP contribution in [0, 0.1) is 35.7 Å². The number of carbonyl (C=O) groups excluding carboxylic acids is 4. The smallest absolute Gasteiger partial charge is 0.462 e. The number of fused-ring (bicyclic) bond motifs is 5. The lowest BCUT2D eigenvalue weighted by Crippen LogP contribution is -2.49. The van der Waals surface area contributed by atoms with Crippen molar-refractivity contribution in [2.24, 2.45) is 22.7 Å². The summed E-state index contributed by atoms with van der Waals surface area (Å²) in [5, 5.41) is 2.40. The van der Waals surface area contributed by atoms with Gasteiger partial charge in [-0.3, -0.25) is 19.7 Å². The predicted molar refractivity (Wildman–Crippen MR) is 188 cm³/mol. The monoisotopic (exact) mass is 783 g/mol. The third-order valence-electron chi connectivity index (χ3n) is 12.7. The third kappa shape index (κ3) is 7.04. The lowest BCUT2D eigenvalue weighted by Gasteiger charge is -2.35. The molecule has 1 aliphatic heterocycles. The third-order valence-corrected chi connectivity index (χ3v) is 12.7. The number of anilines is 1. The number of nitrogens with one attached hydrogen (secondary N) is 1. The summed E-state index contributed by atoms with van der Waals surface area (Å²) in [6.07, 6.45) is 6.38. The van der Waals surface area contributed by atoms with Crippen LogP contribution >= 0.6 is 0 Å². The summed E-state index contributed by atoms with van der Waals surface area (Å²) in [6, 6.07) is -0.763. The van der Waals surface area contributed by atoms with Gasteiger partial charge < -0.3 is 37.1 Å². The maximum Gasteiger partial charge on any atom is 0.519 e. The SMILES string of the molecule is Cc1oc(=O)oc1COC(=O)CC(C)(C)OC(=O)Nc1nc(F)nc2c1ncn2C1CO[C@](C)(COC(=O)C23CCC(CC2)C3)[C@H]1OC(=O)C12CCC(CC1)C2. The molecule has 8 rings (SSSR count). The van der Waals surface area contributed by atoms with Crippen LogP contribution in [0.4, 0.5) is 15.0 Å². The van der Waals surface area contributed by atoms with Crippen molar-refractivity contribution in [2.45, 2.75) is 128 Å². The van der Waals surface area contributed by atoms with Crippen molar-refractivity contribution in [3.63, 3.8) is 0 Å². The molecule has 4 bridgehead atoms. The zero-order valence-corrected chi connectivity index (χ0v) is 31.9. The van der Waals surface area contributed by atoms with Crippen molar-refractivity contribution >= 4 is 41.0 Å². The second-order valence-electron chi connectivity index (χ2n) is 17.2. The number of aromatic nitrogens is 4. The summed E-state index contributed by atoms with van der Waals surface area (Å²) in [4.78, 5) is 76.5. The minimum Gasteiger partial charge on any atom is -0.462 e. The molecule has 3 atom stereocenters. The van der Waals surface area contributed by atoms with Gasteiger partial charge in [0.25, 0.3) is 0 Å². The highest BCUT2D eigenvalue weighted by atomic mass is 19.1. The standard InChI is InChI=1S/C38H46FN5O12/c1-20-24(54-34(49)53-20)17-50-25(45)15-35(2,3)56-33(48)42-28-26-29(43-32(39)41-28)44(19-40-26)23-16-52-36(4,18-51-30(46)37-9-5-21(13-37)6-10-37)27(23)55-31(47)38-11-7-22(14-38)8-12-38/h19,21-23,27H,5-18H2,1-4H3,(H,41,42,43,48)/t21?,22?,23?,27-,36+,37?,38?/m0/s1. The largest absolute Gasteiger partial charge is 0.519 e. The normalized spacial score (nSPS) is 30.5. The Bertz CT molecular complexity index is 2110. The van der Waals surface area contributed by atoms with Crippen LogP contribution in [0.1, 0.15) is 109 Å². The maximum absolute atomic E-state index is 15.1. The predicted octanol–water partition coefficient (Wildman–Crippen LogP) is 5.23. The first-order valence-electron chi connectivity index (χ1n) is 19.2. The minimum atomic E-state index is -1.40. The fraction of sp³-hybridized carbons (Fsp3) is 0.684. The van der Waals surface area contributed by atoms with E-state index in [1.54, 1.807) is 6.92 Å². The van der Waals surface area contributed by atoms with Crippen molar-refractivity contribution in [1.82, 2.24) is 19.5 Å². The van der Waals surface area contributed by atoms with E-state index >= 15 is 4.39 Å². The van der Waals surface area contributed by atoms with E-state index < -0.39 is 58.1 Å². The van der Waals surface area contributed by atoms with E-state index in [0.717, 1.165) is 64.2 Å². The number of hydrogen-bond donors (Lipinski definition) is 1. The minimum absolute atomic E-state index is 0.00629. The molecular formula is C38H46FN5O12. The fourth-order valence-electron chi connectivity index (χ4n) is 9.64. The van der Waals surface area contributed by atoms with Crippen LogP contribution in [0.25, 0.3) is 11.2 Å². The number of rotatable bonds is 12. The van der Waals surface area contributed by atoms with Gasteiger partial charge in [0.1, 0.15) is 17.8 Å². The lowest BCUT2D eigenvalue weighted by atomic mass is 9.84. The number of imidazole rings is 1. The average Bonchev–Trinajstić information content (AvgIpc) is 4.01. The van der Waals surface area contributed by atoms with Crippen LogP contribution in [0.3, 0.4) is 0 Å². The molecule has 4 heterocycles. The molecule has 4 saturated carbocycles. The molecule has 0 radical (unpaired) electrons. The van der Waals surface area contributed by atoms with Crippen LogP contribution in [0.2, 0.25) is 0 Å². The Morgan fingerprint density at radius 3 is 2.25 bits per heavy atom. The number of carbonyl (C=O) groups is 4. The molecule has 0 aromatic carbocycles. The Kier molecular flexibility index (Phi) is 9.47. The van der Waals surface area contributed by atoms with Gasteiger partial charge in [-0.2, -0.15) is 14.4 Å². The molecule has 0 spiro atoms. The van der Waals surface area contributed by atoms with E-state index in [-0.39, 0.29) is 66.7 Å². The van der Waals surface area contributed by atoms with Gasteiger partial charge in [-0.05, 0) is 104 Å². The Morgan fingerprint density at radius 2 is 1.64 bits per heavy atom. The summed E-state index contributed by atoms with van der Waals surface area (Å²) >= 11 is 0. The number of aryl methyl sites for hydroxylation is 1. The number of nitrogens with zero attached hydrogens (tertiary/aromatic N) is 4. The zero-order valence-electron chi connectivity index (χ0n) is 31.9. The number of ether oxygens (including phenoxy) is 5. The van der Waals surface area contributed by atoms with Crippen LogP contribution < -0.4 is 11.1 Å².